The van der Waals surface area contributed by atoms with Gasteiger partial charge in [-0.2, -0.15) is 0 Å². The van der Waals surface area contributed by atoms with Gasteiger partial charge in [-0.15, -0.1) is 10.2 Å². The molecular formula is C20H29N5O. The fraction of sp³-hybridized carbons (Fsp3) is 0.650. The van der Waals surface area contributed by atoms with Crippen LogP contribution < -0.4 is 10.2 Å². The summed E-state index contributed by atoms with van der Waals surface area (Å²) in [5.74, 6) is 1.98. The number of amides is 1. The van der Waals surface area contributed by atoms with Crippen molar-refractivity contribution in [2.24, 2.45) is 11.8 Å². The molecule has 1 saturated carbocycles. The highest BCUT2D eigenvalue weighted by atomic mass is 16.1. The van der Waals surface area contributed by atoms with E-state index < -0.39 is 0 Å². The summed E-state index contributed by atoms with van der Waals surface area (Å²) in [5.41, 5.74) is 2.02. The van der Waals surface area contributed by atoms with Gasteiger partial charge in [0, 0.05) is 31.2 Å². The van der Waals surface area contributed by atoms with E-state index >= 15 is 0 Å². The van der Waals surface area contributed by atoms with Gasteiger partial charge in [0.2, 0.25) is 11.9 Å². The molecule has 3 heterocycles. The van der Waals surface area contributed by atoms with Crippen LogP contribution in [0, 0.1) is 18.8 Å². The van der Waals surface area contributed by atoms with Gasteiger partial charge < -0.3 is 10.2 Å². The maximum absolute atomic E-state index is 12.5. The maximum atomic E-state index is 12.5. The second kappa shape index (κ2) is 7.64. The predicted molar refractivity (Wildman–Crippen MR) is 102 cm³/mol. The standard InChI is InChI=1S/C20H29N5O/c1-15-6-5-9-18-22-23-20(25(15)18)24-12-10-17(11-13-24)19(26)21-14-16-7-3-2-4-8-16/h5-6,9,16-17H,2-4,7-8,10-14H2,1H3,(H,21,26). The number of piperidine rings is 1. The van der Waals surface area contributed by atoms with E-state index in [0.29, 0.717) is 5.92 Å². The molecule has 2 aromatic rings. The summed E-state index contributed by atoms with van der Waals surface area (Å²) >= 11 is 0. The summed E-state index contributed by atoms with van der Waals surface area (Å²) < 4.78 is 2.10. The van der Waals surface area contributed by atoms with E-state index in [9.17, 15) is 4.79 Å². The minimum Gasteiger partial charge on any atom is -0.356 e. The summed E-state index contributed by atoms with van der Waals surface area (Å²) in [6, 6.07) is 6.06. The van der Waals surface area contributed by atoms with Crippen molar-refractivity contribution in [3.8, 4) is 0 Å². The lowest BCUT2D eigenvalue weighted by Crippen LogP contribution is -2.42. The molecule has 0 bridgehead atoms. The average Bonchev–Trinajstić information content (AvgIpc) is 3.13. The molecule has 2 aliphatic rings. The minimum atomic E-state index is 0.134. The first-order chi connectivity index (χ1) is 12.7. The molecule has 0 radical (unpaired) electrons. The lowest BCUT2D eigenvalue weighted by atomic mass is 9.89. The van der Waals surface area contributed by atoms with Crippen molar-refractivity contribution >= 4 is 17.5 Å². The van der Waals surface area contributed by atoms with Gasteiger partial charge in [-0.25, -0.2) is 0 Å². The lowest BCUT2D eigenvalue weighted by molar-refractivity contribution is -0.125. The number of hydrogen-bond donors (Lipinski definition) is 1. The second-order valence-electron chi connectivity index (χ2n) is 7.87. The lowest BCUT2D eigenvalue weighted by Gasteiger charge is -2.32. The molecule has 4 rings (SSSR count). The second-order valence-corrected chi connectivity index (χ2v) is 7.87. The Balaban J connectivity index is 1.32. The normalized spacial score (nSPS) is 19.8. The van der Waals surface area contributed by atoms with Crippen molar-refractivity contribution in [1.82, 2.24) is 19.9 Å². The van der Waals surface area contributed by atoms with Crippen LogP contribution in [-0.4, -0.2) is 40.1 Å². The monoisotopic (exact) mass is 355 g/mol. The highest BCUT2D eigenvalue weighted by Gasteiger charge is 2.27. The third-order valence-electron chi connectivity index (χ3n) is 6.04. The number of carbonyl (C=O) groups excluding carboxylic acids is 1. The van der Waals surface area contributed by atoms with Gasteiger partial charge in [0.25, 0.3) is 0 Å². The molecule has 6 nitrogen and oxygen atoms in total. The van der Waals surface area contributed by atoms with Crippen LogP contribution in [0.3, 0.4) is 0 Å². The maximum Gasteiger partial charge on any atom is 0.231 e. The number of nitrogens with one attached hydrogen (secondary N) is 1. The summed E-state index contributed by atoms with van der Waals surface area (Å²) in [6.45, 7) is 4.66. The average molecular weight is 355 g/mol. The molecule has 0 aromatic carbocycles. The van der Waals surface area contributed by atoms with Crippen LogP contribution in [-0.2, 0) is 4.79 Å². The highest BCUT2D eigenvalue weighted by molar-refractivity contribution is 5.79. The fourth-order valence-corrected chi connectivity index (χ4v) is 4.41. The van der Waals surface area contributed by atoms with Crippen LogP contribution in [0.25, 0.3) is 5.65 Å². The Morgan fingerprint density at radius 2 is 1.88 bits per heavy atom. The molecule has 2 aromatic heterocycles. The van der Waals surface area contributed by atoms with Crippen molar-refractivity contribution in [3.63, 3.8) is 0 Å². The van der Waals surface area contributed by atoms with Crippen LogP contribution in [0.2, 0.25) is 0 Å². The van der Waals surface area contributed by atoms with Gasteiger partial charge >= 0.3 is 0 Å². The van der Waals surface area contributed by atoms with Crippen molar-refractivity contribution < 1.29 is 4.79 Å². The number of fused-ring (bicyclic) bond motifs is 1. The van der Waals surface area contributed by atoms with Crippen LogP contribution >= 0.6 is 0 Å². The van der Waals surface area contributed by atoms with Gasteiger partial charge in [-0.1, -0.05) is 25.3 Å². The largest absolute Gasteiger partial charge is 0.356 e. The Labute approximate surface area is 155 Å². The number of aryl methyl sites for hydroxylation is 1. The van der Waals surface area contributed by atoms with E-state index in [1.165, 1.54) is 32.1 Å². The van der Waals surface area contributed by atoms with E-state index in [2.05, 4.69) is 37.8 Å². The zero-order valence-electron chi connectivity index (χ0n) is 15.7. The number of pyridine rings is 1. The first-order valence-corrected chi connectivity index (χ1v) is 10.1. The molecular weight excluding hydrogens is 326 g/mol. The number of rotatable bonds is 4. The van der Waals surface area contributed by atoms with E-state index in [1.54, 1.807) is 0 Å². The van der Waals surface area contributed by atoms with Crippen molar-refractivity contribution in [3.05, 3.63) is 23.9 Å². The molecule has 1 aliphatic carbocycles. The first kappa shape index (κ1) is 17.3. The topological polar surface area (TPSA) is 62.5 Å². The number of nitrogens with zero attached hydrogens (tertiary/aromatic N) is 4. The third-order valence-corrected chi connectivity index (χ3v) is 6.04. The summed E-state index contributed by atoms with van der Waals surface area (Å²) in [7, 11) is 0. The molecule has 1 aliphatic heterocycles. The Morgan fingerprint density at radius 1 is 1.12 bits per heavy atom. The molecule has 0 unspecified atom stereocenters. The van der Waals surface area contributed by atoms with Crippen LogP contribution in [0.4, 0.5) is 5.95 Å². The van der Waals surface area contributed by atoms with Crippen LogP contribution in [0.1, 0.15) is 50.6 Å². The van der Waals surface area contributed by atoms with E-state index in [-0.39, 0.29) is 11.8 Å². The molecule has 6 heteroatoms. The van der Waals surface area contributed by atoms with Gasteiger partial charge in [0.1, 0.15) is 0 Å². The van der Waals surface area contributed by atoms with E-state index in [0.717, 1.165) is 49.8 Å². The number of anilines is 1. The van der Waals surface area contributed by atoms with Crippen molar-refractivity contribution in [2.75, 3.05) is 24.5 Å². The smallest absolute Gasteiger partial charge is 0.231 e. The van der Waals surface area contributed by atoms with Gasteiger partial charge in [-0.3, -0.25) is 9.20 Å². The predicted octanol–water partition coefficient (Wildman–Crippen LogP) is 2.95. The summed E-state index contributed by atoms with van der Waals surface area (Å²) in [6.07, 6.45) is 8.33. The van der Waals surface area contributed by atoms with Crippen LogP contribution in [0.5, 0.6) is 0 Å². The summed E-state index contributed by atoms with van der Waals surface area (Å²) in [4.78, 5) is 14.8. The molecule has 140 valence electrons. The Bertz CT molecular complexity index is 757. The fourth-order valence-electron chi connectivity index (χ4n) is 4.41. The molecule has 0 atom stereocenters. The van der Waals surface area contributed by atoms with Gasteiger partial charge in [0.15, 0.2) is 5.65 Å². The van der Waals surface area contributed by atoms with Crippen molar-refractivity contribution in [1.29, 1.82) is 0 Å². The SMILES string of the molecule is Cc1cccc2nnc(N3CCC(C(=O)NCC4CCCCC4)CC3)n12. The third kappa shape index (κ3) is 3.55. The van der Waals surface area contributed by atoms with E-state index in [1.807, 2.05) is 12.1 Å². The summed E-state index contributed by atoms with van der Waals surface area (Å²) in [5, 5.41) is 11.9. The first-order valence-electron chi connectivity index (χ1n) is 10.1. The van der Waals surface area contributed by atoms with Gasteiger partial charge in [-0.05, 0) is 50.7 Å². The highest BCUT2D eigenvalue weighted by Crippen LogP contribution is 2.25. The minimum absolute atomic E-state index is 0.134. The Morgan fingerprint density at radius 3 is 2.65 bits per heavy atom. The van der Waals surface area contributed by atoms with Crippen molar-refractivity contribution in [2.45, 2.75) is 51.9 Å². The Hall–Kier alpha value is -2.11. The molecule has 1 amide bonds. The number of aromatic nitrogens is 3. The number of hydrogen-bond acceptors (Lipinski definition) is 4. The Kier molecular flexibility index (Phi) is 5.09. The molecule has 2 fully saturated rings. The molecule has 26 heavy (non-hydrogen) atoms. The zero-order valence-corrected chi connectivity index (χ0v) is 15.7. The molecule has 1 saturated heterocycles. The molecule has 1 N–H and O–H groups in total. The van der Waals surface area contributed by atoms with Gasteiger partial charge in [0.05, 0.1) is 0 Å². The zero-order chi connectivity index (χ0) is 17.9. The molecule has 0 spiro atoms. The van der Waals surface area contributed by atoms with Crippen LogP contribution in [0.15, 0.2) is 18.2 Å². The quantitative estimate of drug-likeness (QED) is 0.916. The number of carbonyl (C=O) groups is 1. The van der Waals surface area contributed by atoms with E-state index in [4.69, 9.17) is 0 Å².